The van der Waals surface area contributed by atoms with Gasteiger partial charge in [-0.3, -0.25) is 14.6 Å². The van der Waals surface area contributed by atoms with Crippen LogP contribution in [-0.2, 0) is 9.59 Å². The molecule has 5 heterocycles. The highest BCUT2D eigenvalue weighted by Gasteiger charge is 2.35. The monoisotopic (exact) mass is 645 g/mol. The Morgan fingerprint density at radius 1 is 1.11 bits per heavy atom. The normalized spacial score (nSPS) is 18.4. The molecule has 4 aromatic rings. The minimum Gasteiger partial charge on any atom is -0.349 e. The van der Waals surface area contributed by atoms with Gasteiger partial charge >= 0.3 is 5.69 Å². The Balaban J connectivity index is 1.70. The Morgan fingerprint density at radius 2 is 1.89 bits per heavy atom. The highest BCUT2D eigenvalue weighted by molar-refractivity contribution is 7.99. The van der Waals surface area contributed by atoms with E-state index in [0.717, 1.165) is 0 Å². The average Bonchev–Trinajstić information content (AvgIpc) is 3.02. The minimum atomic E-state index is -0.859. The summed E-state index contributed by atoms with van der Waals surface area (Å²) in [6.45, 7) is 11.9. The van der Waals surface area contributed by atoms with Gasteiger partial charge in [0.05, 0.1) is 28.0 Å². The summed E-state index contributed by atoms with van der Waals surface area (Å²) in [5.74, 6) is -1.82. The number of nitrogens with one attached hydrogen (secondary N) is 1. The summed E-state index contributed by atoms with van der Waals surface area (Å²) in [6, 6.07) is 6.45. The molecule has 2 bridgehead atoms. The van der Waals surface area contributed by atoms with Crippen molar-refractivity contribution in [2.24, 2.45) is 0 Å². The molecule has 238 valence electrons. The summed E-state index contributed by atoms with van der Waals surface area (Å²) in [4.78, 5) is 57.8. The Bertz CT molecular complexity index is 1960. The number of nitrogens with zero attached hydrogens (tertiary/aromatic N) is 6. The molecular weight excluding hydrogens is 612 g/mol. The predicted molar refractivity (Wildman–Crippen MR) is 175 cm³/mol. The fourth-order valence-corrected chi connectivity index (χ4v) is 7.12. The van der Waals surface area contributed by atoms with Crippen LogP contribution in [0.3, 0.4) is 0 Å². The Morgan fingerprint density at radius 3 is 2.63 bits per heavy atom. The van der Waals surface area contributed by atoms with Crippen molar-refractivity contribution in [3.63, 3.8) is 0 Å². The second-order valence-electron chi connectivity index (χ2n) is 11.7. The maximum Gasteiger partial charge on any atom is 0.355 e. The summed E-state index contributed by atoms with van der Waals surface area (Å²) in [5, 5.41) is 2.95. The summed E-state index contributed by atoms with van der Waals surface area (Å²) < 4.78 is 33.2. The molecule has 2 amide bonds. The fraction of sp³-hybridized carbons (Fsp3) is 0.333. The zero-order valence-corrected chi connectivity index (χ0v) is 26.7. The highest BCUT2D eigenvalue weighted by atomic mass is 32.2. The lowest BCUT2D eigenvalue weighted by Crippen LogP contribution is -2.59. The molecule has 3 aromatic heterocycles. The van der Waals surface area contributed by atoms with Crippen LogP contribution in [0.4, 0.5) is 20.3 Å². The molecular formula is C33H33F2N7O3S. The van der Waals surface area contributed by atoms with E-state index in [0.29, 0.717) is 35.1 Å². The number of pyridine rings is 2. The van der Waals surface area contributed by atoms with E-state index in [9.17, 15) is 14.4 Å². The Hall–Kier alpha value is -4.65. The quantitative estimate of drug-likeness (QED) is 0.299. The van der Waals surface area contributed by atoms with E-state index in [4.69, 9.17) is 0 Å². The number of carbonyl (C=O) groups is 2. The summed E-state index contributed by atoms with van der Waals surface area (Å²) in [7, 11) is 0. The zero-order chi connectivity index (χ0) is 32.9. The number of halogens is 2. The summed E-state index contributed by atoms with van der Waals surface area (Å²) in [5.41, 5.74) is -0.126. The molecule has 1 saturated heterocycles. The lowest BCUT2D eigenvalue weighted by Gasteiger charge is -2.45. The molecule has 13 heteroatoms. The van der Waals surface area contributed by atoms with E-state index in [-0.39, 0.29) is 70.0 Å². The van der Waals surface area contributed by atoms with Gasteiger partial charge in [-0.15, -0.1) is 11.8 Å². The summed E-state index contributed by atoms with van der Waals surface area (Å²) >= 11 is 1.37. The van der Waals surface area contributed by atoms with Crippen molar-refractivity contribution in [1.82, 2.24) is 24.4 Å². The SMILES string of the molecule is C=CC(=O)N1CCN(c2nc(=O)n3c4nc(c(F)cc24)-c2c(F)cccc2NC(=O)CCSc2ccnc(C(C)C)c2-3)[C@@H](C)[C@H]1C. The largest absolute Gasteiger partial charge is 0.355 e. The first kappa shape index (κ1) is 31.3. The number of piperazine rings is 1. The van der Waals surface area contributed by atoms with Crippen LogP contribution < -0.4 is 15.9 Å². The first-order chi connectivity index (χ1) is 22.0. The third kappa shape index (κ3) is 5.31. The van der Waals surface area contributed by atoms with E-state index in [1.807, 2.05) is 32.6 Å². The molecule has 0 aliphatic carbocycles. The second-order valence-corrected chi connectivity index (χ2v) is 12.8. The van der Waals surface area contributed by atoms with E-state index < -0.39 is 17.3 Å². The topological polar surface area (TPSA) is 113 Å². The fourth-order valence-electron chi connectivity index (χ4n) is 6.12. The molecule has 0 unspecified atom stereocenters. The van der Waals surface area contributed by atoms with Crippen molar-refractivity contribution in [3.8, 4) is 16.9 Å². The molecule has 6 rings (SSSR count). The second kappa shape index (κ2) is 12.3. The number of rotatable bonds is 3. The number of carbonyl (C=O) groups excluding carboxylic acids is 2. The third-order valence-corrected chi connectivity index (χ3v) is 9.64. The third-order valence-electron chi connectivity index (χ3n) is 8.59. The minimum absolute atomic E-state index is 0.0624. The van der Waals surface area contributed by atoms with Crippen molar-refractivity contribution >= 4 is 46.1 Å². The van der Waals surface area contributed by atoms with Gasteiger partial charge in [-0.1, -0.05) is 26.5 Å². The van der Waals surface area contributed by atoms with E-state index in [1.54, 1.807) is 17.2 Å². The Labute approximate surface area is 268 Å². The Kier molecular flexibility index (Phi) is 8.36. The molecule has 46 heavy (non-hydrogen) atoms. The van der Waals surface area contributed by atoms with Crippen LogP contribution in [0.15, 0.2) is 58.9 Å². The lowest BCUT2D eigenvalue weighted by molar-refractivity contribution is -0.129. The molecule has 2 atom stereocenters. The van der Waals surface area contributed by atoms with Gasteiger partial charge in [0.1, 0.15) is 17.3 Å². The van der Waals surface area contributed by atoms with Gasteiger partial charge in [-0.2, -0.15) is 4.98 Å². The molecule has 2 aliphatic heterocycles. The van der Waals surface area contributed by atoms with Crippen molar-refractivity contribution < 1.29 is 18.4 Å². The number of benzene rings is 1. The van der Waals surface area contributed by atoms with Crippen LogP contribution in [0, 0.1) is 11.6 Å². The molecule has 1 fully saturated rings. The van der Waals surface area contributed by atoms with Crippen LogP contribution in [0.1, 0.15) is 45.7 Å². The number of aromatic nitrogens is 4. The van der Waals surface area contributed by atoms with Gasteiger partial charge in [0.15, 0.2) is 11.5 Å². The maximum absolute atomic E-state index is 16.3. The first-order valence-electron chi connectivity index (χ1n) is 15.1. The van der Waals surface area contributed by atoms with Crippen LogP contribution in [0.2, 0.25) is 0 Å². The maximum atomic E-state index is 16.3. The van der Waals surface area contributed by atoms with Crippen LogP contribution in [0.25, 0.3) is 28.0 Å². The van der Waals surface area contributed by atoms with E-state index in [2.05, 4.69) is 26.8 Å². The van der Waals surface area contributed by atoms with Crippen molar-refractivity contribution in [2.45, 2.75) is 57.0 Å². The highest BCUT2D eigenvalue weighted by Crippen LogP contribution is 2.39. The number of fused-ring (bicyclic) bond motifs is 5. The van der Waals surface area contributed by atoms with E-state index >= 15 is 8.78 Å². The van der Waals surface area contributed by atoms with Gasteiger partial charge in [0, 0.05) is 48.4 Å². The number of hydrogen-bond acceptors (Lipinski definition) is 8. The number of anilines is 2. The van der Waals surface area contributed by atoms with Crippen LogP contribution >= 0.6 is 11.8 Å². The molecule has 0 radical (unpaired) electrons. The zero-order valence-electron chi connectivity index (χ0n) is 25.9. The predicted octanol–water partition coefficient (Wildman–Crippen LogP) is 5.29. The van der Waals surface area contributed by atoms with Crippen LogP contribution in [0.5, 0.6) is 0 Å². The van der Waals surface area contributed by atoms with Crippen LogP contribution in [-0.4, -0.2) is 67.2 Å². The van der Waals surface area contributed by atoms with Gasteiger partial charge in [-0.05, 0) is 50.1 Å². The van der Waals surface area contributed by atoms with Gasteiger partial charge < -0.3 is 15.1 Å². The molecule has 10 nitrogen and oxygen atoms in total. The van der Waals surface area contributed by atoms with Crippen molar-refractivity contribution in [2.75, 3.05) is 29.1 Å². The van der Waals surface area contributed by atoms with Gasteiger partial charge in [-0.25, -0.2) is 23.1 Å². The molecule has 1 N–H and O–H groups in total. The average molecular weight is 646 g/mol. The summed E-state index contributed by atoms with van der Waals surface area (Å²) in [6.07, 6.45) is 2.98. The number of hydrogen-bond donors (Lipinski definition) is 1. The molecule has 1 aromatic carbocycles. The van der Waals surface area contributed by atoms with Gasteiger partial charge in [0.25, 0.3) is 0 Å². The molecule has 0 saturated carbocycles. The van der Waals surface area contributed by atoms with Crippen molar-refractivity contribution in [3.05, 3.63) is 77.0 Å². The first-order valence-corrected chi connectivity index (χ1v) is 16.0. The number of thioether (sulfide) groups is 1. The number of amides is 2. The van der Waals surface area contributed by atoms with Gasteiger partial charge in [0.2, 0.25) is 11.8 Å². The smallest absolute Gasteiger partial charge is 0.349 e. The standard InChI is InChI=1S/C33H33F2N7O3S/c1-6-26(44)40-13-14-41(19(5)18(40)4)31-20-16-22(35)29-27-21(34)8-7-9-23(27)37-25(43)11-15-46-24-10-12-36-28(17(2)3)30(24)42(32(20)38-29)33(45)39-31/h6-10,12,16-19H,1,11,13-15H2,2-5H3,(H,37,43)/t18-,19+/m1/s1. The molecule has 2 aliphatic rings. The van der Waals surface area contributed by atoms with Crippen molar-refractivity contribution in [1.29, 1.82) is 0 Å². The van der Waals surface area contributed by atoms with E-state index in [1.165, 1.54) is 46.7 Å². The lowest BCUT2D eigenvalue weighted by atomic mass is 10.0. The molecule has 0 spiro atoms.